The second-order valence-electron chi connectivity index (χ2n) is 5.64. The molecule has 1 aromatic carbocycles. The Morgan fingerprint density at radius 2 is 1.83 bits per heavy atom. The molecule has 0 aliphatic carbocycles. The quantitative estimate of drug-likeness (QED) is 0.615. The first kappa shape index (κ1) is 17.6. The first-order valence-electron chi connectivity index (χ1n) is 7.30. The number of hydrogen-bond acceptors (Lipinski definition) is 4. The Bertz CT molecular complexity index is 767. The maximum atomic E-state index is 12.6. The van der Waals surface area contributed by atoms with Crippen LogP contribution in [0.5, 0.6) is 0 Å². The Hall–Kier alpha value is -1.73. The van der Waals surface area contributed by atoms with E-state index in [4.69, 9.17) is 12.2 Å². The average molecular weight is 352 g/mol. The molecule has 124 valence electrons. The van der Waals surface area contributed by atoms with Gasteiger partial charge in [0.2, 0.25) is 0 Å². The summed E-state index contributed by atoms with van der Waals surface area (Å²) in [5, 5.41) is 0.489. The molecule has 0 N–H and O–H groups in total. The zero-order valence-corrected chi connectivity index (χ0v) is 15.2. The second-order valence-corrected chi connectivity index (χ2v) is 8.03. The van der Waals surface area contributed by atoms with Crippen LogP contribution in [0.3, 0.4) is 0 Å². The van der Waals surface area contributed by atoms with Gasteiger partial charge in [0.25, 0.3) is 5.91 Å². The molecule has 1 unspecified atom stereocenters. The van der Waals surface area contributed by atoms with Crippen molar-refractivity contribution in [1.82, 2.24) is 9.80 Å². The van der Waals surface area contributed by atoms with Crippen molar-refractivity contribution in [3.05, 3.63) is 35.5 Å². The van der Waals surface area contributed by atoms with Crippen LogP contribution >= 0.6 is 12.2 Å². The molecule has 1 fully saturated rings. The maximum absolute atomic E-state index is 12.6. The third kappa shape index (κ3) is 3.45. The largest absolute Gasteiger partial charge is 0.317 e. The van der Waals surface area contributed by atoms with Gasteiger partial charge in [-0.05, 0) is 49.3 Å². The van der Waals surface area contributed by atoms with Gasteiger partial charge < -0.3 is 4.90 Å². The van der Waals surface area contributed by atoms with Crippen LogP contribution in [0.25, 0.3) is 6.08 Å². The zero-order valence-electron chi connectivity index (χ0n) is 13.6. The van der Waals surface area contributed by atoms with E-state index < -0.39 is 9.84 Å². The SMILES string of the molecule is CCC(C)N1C(=O)/C(=C\c2ccc(S(C)(=O)=O)cc2)N(C)C1=S. The minimum Gasteiger partial charge on any atom is -0.317 e. The summed E-state index contributed by atoms with van der Waals surface area (Å²) < 4.78 is 23.0. The van der Waals surface area contributed by atoms with Crippen molar-refractivity contribution >= 4 is 39.2 Å². The summed E-state index contributed by atoms with van der Waals surface area (Å²) in [4.78, 5) is 16.1. The molecule has 5 nitrogen and oxygen atoms in total. The van der Waals surface area contributed by atoms with Gasteiger partial charge in [-0.3, -0.25) is 9.69 Å². The van der Waals surface area contributed by atoms with Crippen LogP contribution in [-0.4, -0.2) is 48.6 Å². The van der Waals surface area contributed by atoms with E-state index in [1.165, 1.54) is 12.1 Å². The van der Waals surface area contributed by atoms with Crippen molar-refractivity contribution < 1.29 is 13.2 Å². The van der Waals surface area contributed by atoms with Gasteiger partial charge in [0.05, 0.1) is 4.90 Å². The molecule has 1 aliphatic heterocycles. The summed E-state index contributed by atoms with van der Waals surface area (Å²) in [5.74, 6) is -0.126. The highest BCUT2D eigenvalue weighted by molar-refractivity contribution is 7.90. The Balaban J connectivity index is 2.36. The van der Waals surface area contributed by atoms with Crippen LogP contribution in [0.2, 0.25) is 0 Å². The summed E-state index contributed by atoms with van der Waals surface area (Å²) in [5.41, 5.74) is 1.24. The Kier molecular flexibility index (Phi) is 4.91. The Morgan fingerprint density at radius 3 is 2.30 bits per heavy atom. The Labute approximate surface area is 142 Å². The highest BCUT2D eigenvalue weighted by atomic mass is 32.2. The van der Waals surface area contributed by atoms with E-state index >= 15 is 0 Å². The van der Waals surface area contributed by atoms with Crippen molar-refractivity contribution in [3.8, 4) is 0 Å². The lowest BCUT2D eigenvalue weighted by molar-refractivity contribution is -0.123. The summed E-state index contributed by atoms with van der Waals surface area (Å²) in [6, 6.07) is 6.47. The van der Waals surface area contributed by atoms with Gasteiger partial charge in [0, 0.05) is 19.3 Å². The van der Waals surface area contributed by atoms with Crippen LogP contribution in [0.15, 0.2) is 34.9 Å². The van der Waals surface area contributed by atoms with Gasteiger partial charge in [-0.15, -0.1) is 0 Å². The molecule has 7 heteroatoms. The van der Waals surface area contributed by atoms with E-state index in [2.05, 4.69) is 0 Å². The molecule has 1 amide bonds. The minimum absolute atomic E-state index is 0.0379. The average Bonchev–Trinajstić information content (AvgIpc) is 2.70. The molecule has 23 heavy (non-hydrogen) atoms. The topological polar surface area (TPSA) is 57.7 Å². The van der Waals surface area contributed by atoms with Gasteiger partial charge >= 0.3 is 0 Å². The molecule has 0 aromatic heterocycles. The number of likely N-dealkylation sites (N-methyl/N-ethyl adjacent to an activating group) is 1. The van der Waals surface area contributed by atoms with Crippen LogP contribution in [0.4, 0.5) is 0 Å². The lowest BCUT2D eigenvalue weighted by Gasteiger charge is -2.22. The van der Waals surface area contributed by atoms with Crippen LogP contribution < -0.4 is 0 Å². The van der Waals surface area contributed by atoms with Gasteiger partial charge in [0.15, 0.2) is 14.9 Å². The van der Waals surface area contributed by atoms with Crippen molar-refractivity contribution in [2.75, 3.05) is 13.3 Å². The van der Waals surface area contributed by atoms with Crippen molar-refractivity contribution in [1.29, 1.82) is 0 Å². The number of carbonyl (C=O) groups is 1. The predicted octanol–water partition coefficient (Wildman–Crippen LogP) is 2.29. The summed E-state index contributed by atoms with van der Waals surface area (Å²) in [7, 11) is -1.46. The molecule has 2 rings (SSSR count). The van der Waals surface area contributed by atoms with E-state index in [-0.39, 0.29) is 16.8 Å². The van der Waals surface area contributed by atoms with Crippen LogP contribution in [0, 0.1) is 0 Å². The van der Waals surface area contributed by atoms with E-state index in [0.29, 0.717) is 10.8 Å². The van der Waals surface area contributed by atoms with Gasteiger partial charge in [-0.2, -0.15) is 0 Å². The van der Waals surface area contributed by atoms with Crippen molar-refractivity contribution in [2.24, 2.45) is 0 Å². The number of carbonyl (C=O) groups excluding carboxylic acids is 1. The number of hydrogen-bond donors (Lipinski definition) is 0. The number of amides is 1. The fraction of sp³-hybridized carbons (Fsp3) is 0.375. The fourth-order valence-electron chi connectivity index (χ4n) is 2.32. The third-order valence-corrected chi connectivity index (χ3v) is 5.53. The van der Waals surface area contributed by atoms with Crippen LogP contribution in [0.1, 0.15) is 25.8 Å². The maximum Gasteiger partial charge on any atom is 0.276 e. The van der Waals surface area contributed by atoms with Crippen LogP contribution in [-0.2, 0) is 14.6 Å². The normalized spacial score (nSPS) is 18.9. The Morgan fingerprint density at radius 1 is 1.26 bits per heavy atom. The smallest absolute Gasteiger partial charge is 0.276 e. The number of nitrogens with zero attached hydrogens (tertiary/aromatic N) is 2. The molecule has 1 atom stereocenters. The minimum atomic E-state index is -3.23. The van der Waals surface area contributed by atoms with E-state index in [1.54, 1.807) is 35.1 Å². The predicted molar refractivity (Wildman–Crippen MR) is 94.5 cm³/mol. The number of thiocarbonyl (C=S) groups is 1. The molecule has 0 spiro atoms. The molecule has 1 aliphatic rings. The van der Waals surface area contributed by atoms with Crippen molar-refractivity contribution in [2.45, 2.75) is 31.2 Å². The molecule has 0 radical (unpaired) electrons. The molecule has 1 aromatic rings. The van der Waals surface area contributed by atoms with Gasteiger partial charge in [0.1, 0.15) is 5.70 Å². The molecule has 0 bridgehead atoms. The zero-order chi connectivity index (χ0) is 17.4. The van der Waals surface area contributed by atoms with E-state index in [1.807, 2.05) is 13.8 Å². The summed E-state index contributed by atoms with van der Waals surface area (Å²) >= 11 is 5.36. The molecule has 0 saturated carbocycles. The first-order chi connectivity index (χ1) is 10.7. The first-order valence-corrected chi connectivity index (χ1v) is 9.59. The second kappa shape index (κ2) is 6.41. The molecular weight excluding hydrogens is 332 g/mol. The lowest BCUT2D eigenvalue weighted by atomic mass is 10.1. The molecule has 1 saturated heterocycles. The third-order valence-electron chi connectivity index (χ3n) is 3.94. The monoisotopic (exact) mass is 352 g/mol. The highest BCUT2D eigenvalue weighted by Crippen LogP contribution is 2.25. The fourth-order valence-corrected chi connectivity index (χ4v) is 3.31. The van der Waals surface area contributed by atoms with E-state index in [0.717, 1.165) is 18.2 Å². The number of rotatable bonds is 4. The number of benzene rings is 1. The van der Waals surface area contributed by atoms with E-state index in [9.17, 15) is 13.2 Å². The molecule has 1 heterocycles. The van der Waals surface area contributed by atoms with Gasteiger partial charge in [-0.25, -0.2) is 8.42 Å². The standard InChI is InChI=1S/C16H20N2O3S2/c1-5-11(2)18-15(19)14(17(3)16(18)22)10-12-6-8-13(9-7-12)23(4,20)21/h6-11H,5H2,1-4H3/b14-10+. The summed E-state index contributed by atoms with van der Waals surface area (Å²) in [6.45, 7) is 3.97. The van der Waals surface area contributed by atoms with Gasteiger partial charge in [-0.1, -0.05) is 19.1 Å². The number of sulfone groups is 1. The van der Waals surface area contributed by atoms with Crippen molar-refractivity contribution in [3.63, 3.8) is 0 Å². The summed E-state index contributed by atoms with van der Waals surface area (Å²) in [6.07, 6.45) is 3.70. The lowest BCUT2D eigenvalue weighted by Crippen LogP contribution is -2.38. The molecular formula is C16H20N2O3S2. The highest BCUT2D eigenvalue weighted by Gasteiger charge is 2.37.